The Morgan fingerprint density at radius 1 is 1.21 bits per heavy atom. The number of para-hydroxylation sites is 1. The molecule has 29 heavy (non-hydrogen) atoms. The molecule has 4 rings (SSSR count). The first-order valence-corrected chi connectivity index (χ1v) is 9.57. The molecule has 1 fully saturated rings. The molecule has 0 aliphatic carbocycles. The summed E-state index contributed by atoms with van der Waals surface area (Å²) in [5, 5.41) is 0. The van der Waals surface area contributed by atoms with Crippen LogP contribution in [-0.2, 0) is 14.3 Å². The number of likely N-dealkylation sites (N-methyl/N-ethyl adjacent to an activating group) is 1. The highest BCUT2D eigenvalue weighted by molar-refractivity contribution is 6.09. The average Bonchev–Trinajstić information content (AvgIpc) is 3.21. The van der Waals surface area contributed by atoms with E-state index in [2.05, 4.69) is 0 Å². The first kappa shape index (κ1) is 19.0. The van der Waals surface area contributed by atoms with Crippen LogP contribution in [0.1, 0.15) is 20.3 Å². The standard InChI is InChI=1S/C20H23N5O4/c1-4-29-15(26)10-11-23-18(27)16-17(22(3)20(23)28)21-19-24(16)12-13(2)25(19)14-8-6-5-7-9-14/h5-9,12,16-17H,4,10-11H2,1-3H3. The number of fused-ring (bicyclic) bond motifs is 3. The Labute approximate surface area is 168 Å². The van der Waals surface area contributed by atoms with E-state index in [1.807, 2.05) is 53.3 Å². The van der Waals surface area contributed by atoms with Crippen LogP contribution in [0.5, 0.6) is 0 Å². The van der Waals surface area contributed by atoms with Gasteiger partial charge in [-0.05, 0) is 26.0 Å². The maximum Gasteiger partial charge on any atom is 0.328 e. The van der Waals surface area contributed by atoms with Gasteiger partial charge in [0, 0.05) is 31.2 Å². The van der Waals surface area contributed by atoms with Gasteiger partial charge in [-0.25, -0.2) is 9.79 Å². The first-order valence-electron chi connectivity index (χ1n) is 9.57. The zero-order valence-electron chi connectivity index (χ0n) is 16.6. The van der Waals surface area contributed by atoms with Crippen molar-refractivity contribution in [3.8, 4) is 0 Å². The number of nitrogens with zero attached hydrogens (tertiary/aromatic N) is 5. The summed E-state index contributed by atoms with van der Waals surface area (Å²) in [6.07, 6.45) is 1.23. The Hall–Kier alpha value is -3.36. The summed E-state index contributed by atoms with van der Waals surface area (Å²) in [7, 11) is 1.62. The zero-order chi connectivity index (χ0) is 20.7. The summed E-state index contributed by atoms with van der Waals surface area (Å²) in [5.41, 5.74) is 1.86. The van der Waals surface area contributed by atoms with Gasteiger partial charge in [-0.2, -0.15) is 0 Å². The van der Waals surface area contributed by atoms with E-state index in [-0.39, 0.29) is 25.5 Å². The van der Waals surface area contributed by atoms with E-state index in [1.165, 1.54) is 4.90 Å². The van der Waals surface area contributed by atoms with Crippen molar-refractivity contribution in [3.63, 3.8) is 0 Å². The summed E-state index contributed by atoms with van der Waals surface area (Å²) in [5.74, 6) is -0.183. The number of carbonyl (C=O) groups excluding carboxylic acids is 3. The maximum atomic E-state index is 13.2. The van der Waals surface area contributed by atoms with Crippen molar-refractivity contribution < 1.29 is 19.1 Å². The molecule has 0 saturated carbocycles. The van der Waals surface area contributed by atoms with Crippen LogP contribution in [0.25, 0.3) is 0 Å². The zero-order valence-corrected chi connectivity index (χ0v) is 16.6. The molecule has 0 spiro atoms. The molecule has 3 amide bonds. The van der Waals surface area contributed by atoms with E-state index in [9.17, 15) is 14.4 Å². The largest absolute Gasteiger partial charge is 0.466 e. The summed E-state index contributed by atoms with van der Waals surface area (Å²) < 4.78 is 4.91. The number of benzene rings is 1. The fourth-order valence-corrected chi connectivity index (χ4v) is 3.89. The highest BCUT2D eigenvalue weighted by Crippen LogP contribution is 2.36. The third kappa shape index (κ3) is 3.02. The minimum atomic E-state index is -0.654. The van der Waals surface area contributed by atoms with Crippen LogP contribution in [0.2, 0.25) is 0 Å². The molecular formula is C20H23N5O4. The molecule has 0 bridgehead atoms. The molecule has 1 aromatic carbocycles. The quantitative estimate of drug-likeness (QED) is 0.702. The van der Waals surface area contributed by atoms with Crippen molar-refractivity contribution in [2.24, 2.45) is 4.99 Å². The second-order valence-electron chi connectivity index (χ2n) is 7.07. The number of rotatable bonds is 5. The van der Waals surface area contributed by atoms with Crippen molar-refractivity contribution in [1.82, 2.24) is 14.7 Å². The molecule has 0 aromatic heterocycles. The van der Waals surface area contributed by atoms with Gasteiger partial charge < -0.3 is 14.5 Å². The van der Waals surface area contributed by atoms with Gasteiger partial charge in [-0.15, -0.1) is 0 Å². The number of amides is 3. The third-order valence-electron chi connectivity index (χ3n) is 5.25. The maximum absolute atomic E-state index is 13.2. The van der Waals surface area contributed by atoms with Crippen LogP contribution in [0.3, 0.4) is 0 Å². The molecule has 2 unspecified atom stereocenters. The molecule has 9 heteroatoms. The molecule has 3 heterocycles. The van der Waals surface area contributed by atoms with Crippen molar-refractivity contribution >= 4 is 29.6 Å². The normalized spacial score (nSPS) is 23.1. The van der Waals surface area contributed by atoms with E-state index in [0.29, 0.717) is 5.96 Å². The molecule has 152 valence electrons. The molecule has 1 saturated heterocycles. The molecule has 0 radical (unpaired) electrons. The van der Waals surface area contributed by atoms with E-state index in [4.69, 9.17) is 9.73 Å². The smallest absolute Gasteiger partial charge is 0.328 e. The Morgan fingerprint density at radius 3 is 2.62 bits per heavy atom. The van der Waals surface area contributed by atoms with Crippen LogP contribution in [0.4, 0.5) is 10.5 Å². The minimum absolute atomic E-state index is 0.0155. The Kier molecular flexibility index (Phi) is 4.73. The number of allylic oxidation sites excluding steroid dienone is 1. The second kappa shape index (κ2) is 7.23. The van der Waals surface area contributed by atoms with Gasteiger partial charge in [-0.1, -0.05) is 18.2 Å². The second-order valence-corrected chi connectivity index (χ2v) is 7.07. The minimum Gasteiger partial charge on any atom is -0.466 e. The predicted molar refractivity (Wildman–Crippen MR) is 106 cm³/mol. The Bertz CT molecular complexity index is 913. The van der Waals surface area contributed by atoms with E-state index >= 15 is 0 Å². The van der Waals surface area contributed by atoms with Gasteiger partial charge in [0.2, 0.25) is 5.96 Å². The lowest BCUT2D eigenvalue weighted by molar-refractivity contribution is -0.144. The summed E-state index contributed by atoms with van der Waals surface area (Å²) in [6, 6.07) is 8.62. The number of hydrogen-bond donors (Lipinski definition) is 0. The van der Waals surface area contributed by atoms with Crippen LogP contribution < -0.4 is 4.90 Å². The Balaban J connectivity index is 1.60. The Morgan fingerprint density at radius 2 is 1.93 bits per heavy atom. The molecule has 2 atom stereocenters. The lowest BCUT2D eigenvalue weighted by atomic mass is 10.1. The predicted octanol–water partition coefficient (Wildman–Crippen LogP) is 1.58. The number of guanidine groups is 1. The third-order valence-corrected chi connectivity index (χ3v) is 5.25. The van der Waals surface area contributed by atoms with Crippen molar-refractivity contribution in [2.45, 2.75) is 32.5 Å². The lowest BCUT2D eigenvalue weighted by Crippen LogP contribution is -2.64. The van der Waals surface area contributed by atoms with Crippen molar-refractivity contribution in [3.05, 3.63) is 42.2 Å². The van der Waals surface area contributed by atoms with Gasteiger partial charge in [0.05, 0.1) is 13.0 Å². The SMILES string of the molecule is CCOC(=O)CCN1C(=O)C2C(N=C3N(c4ccccc4)C(C)=CN32)N(C)C1=O. The van der Waals surface area contributed by atoms with Crippen LogP contribution in [0, 0.1) is 0 Å². The van der Waals surface area contributed by atoms with Gasteiger partial charge in [-0.3, -0.25) is 19.4 Å². The van der Waals surface area contributed by atoms with Crippen molar-refractivity contribution in [2.75, 3.05) is 25.1 Å². The number of urea groups is 1. The highest BCUT2D eigenvalue weighted by atomic mass is 16.5. The number of imide groups is 1. The molecule has 3 aliphatic heterocycles. The average molecular weight is 397 g/mol. The monoisotopic (exact) mass is 397 g/mol. The number of ether oxygens (including phenoxy) is 1. The fraction of sp³-hybridized carbons (Fsp3) is 0.400. The summed E-state index contributed by atoms with van der Waals surface area (Å²) >= 11 is 0. The topological polar surface area (TPSA) is 85.8 Å². The van der Waals surface area contributed by atoms with E-state index in [0.717, 1.165) is 16.3 Å². The first-order chi connectivity index (χ1) is 13.9. The summed E-state index contributed by atoms with van der Waals surface area (Å²) in [6.45, 7) is 3.91. The number of esters is 1. The fourth-order valence-electron chi connectivity index (χ4n) is 3.89. The van der Waals surface area contributed by atoms with Crippen LogP contribution >= 0.6 is 0 Å². The van der Waals surface area contributed by atoms with Gasteiger partial charge in [0.15, 0.2) is 12.2 Å². The van der Waals surface area contributed by atoms with Gasteiger partial charge >= 0.3 is 12.0 Å². The van der Waals surface area contributed by atoms with Crippen LogP contribution in [-0.4, -0.2) is 71.0 Å². The van der Waals surface area contributed by atoms with Gasteiger partial charge in [0.25, 0.3) is 5.91 Å². The summed E-state index contributed by atoms with van der Waals surface area (Å²) in [4.78, 5) is 48.7. The highest BCUT2D eigenvalue weighted by Gasteiger charge is 2.54. The molecule has 3 aliphatic rings. The number of anilines is 1. The lowest BCUT2D eigenvalue weighted by Gasteiger charge is -2.40. The molecule has 9 nitrogen and oxygen atoms in total. The molecule has 0 N–H and O–H groups in total. The number of aliphatic imine (C=N–C) groups is 1. The molecular weight excluding hydrogens is 374 g/mol. The van der Waals surface area contributed by atoms with Crippen LogP contribution in [0.15, 0.2) is 47.2 Å². The van der Waals surface area contributed by atoms with Crippen molar-refractivity contribution in [1.29, 1.82) is 0 Å². The van der Waals surface area contributed by atoms with E-state index in [1.54, 1.807) is 14.0 Å². The van der Waals surface area contributed by atoms with E-state index < -0.39 is 24.2 Å². The number of hydrogen-bond acceptors (Lipinski definition) is 7. The van der Waals surface area contributed by atoms with Gasteiger partial charge in [0.1, 0.15) is 0 Å². The molecule has 1 aromatic rings. The number of carbonyl (C=O) groups is 3.